The fourth-order valence-electron chi connectivity index (χ4n) is 3.36. The first-order valence-electron chi connectivity index (χ1n) is 9.20. The third kappa shape index (κ3) is 5.19. The number of nitrogens with zero attached hydrogens (tertiary/aromatic N) is 1. The lowest BCUT2D eigenvalue weighted by molar-refractivity contribution is 0.245. The Hall–Kier alpha value is -2.11. The van der Waals surface area contributed by atoms with E-state index in [9.17, 15) is 0 Å². The molecule has 5 heteroatoms. The van der Waals surface area contributed by atoms with E-state index in [2.05, 4.69) is 45.9 Å². The van der Waals surface area contributed by atoms with Crippen LogP contribution in [-0.2, 0) is 6.54 Å². The smallest absolute Gasteiger partial charge is 0.166 e. The van der Waals surface area contributed by atoms with Gasteiger partial charge in [0.15, 0.2) is 5.11 Å². The van der Waals surface area contributed by atoms with Crippen molar-refractivity contribution in [2.24, 2.45) is 0 Å². The van der Waals surface area contributed by atoms with Gasteiger partial charge >= 0.3 is 0 Å². The van der Waals surface area contributed by atoms with Crippen LogP contribution >= 0.6 is 12.2 Å². The molecule has 0 spiro atoms. The van der Waals surface area contributed by atoms with Gasteiger partial charge in [-0.2, -0.15) is 0 Å². The van der Waals surface area contributed by atoms with Gasteiger partial charge in [0.1, 0.15) is 5.75 Å². The van der Waals surface area contributed by atoms with E-state index >= 15 is 0 Å². The van der Waals surface area contributed by atoms with Crippen molar-refractivity contribution in [1.82, 2.24) is 15.5 Å². The molecule has 1 unspecified atom stereocenters. The number of rotatable bonds is 7. The Morgan fingerprint density at radius 3 is 2.38 bits per heavy atom. The second-order valence-corrected chi connectivity index (χ2v) is 6.99. The van der Waals surface area contributed by atoms with Crippen LogP contribution in [0.15, 0.2) is 54.6 Å². The second kappa shape index (κ2) is 9.55. The lowest BCUT2D eigenvalue weighted by Gasteiger charge is -2.28. The summed E-state index contributed by atoms with van der Waals surface area (Å²) in [6.45, 7) is 3.84. The van der Waals surface area contributed by atoms with Crippen molar-refractivity contribution in [3.8, 4) is 5.75 Å². The number of hydrogen-bond donors (Lipinski definition) is 2. The van der Waals surface area contributed by atoms with Gasteiger partial charge < -0.3 is 15.4 Å². The van der Waals surface area contributed by atoms with Crippen molar-refractivity contribution >= 4 is 17.3 Å². The normalized spacial score (nSPS) is 15.4. The van der Waals surface area contributed by atoms with Crippen molar-refractivity contribution in [2.45, 2.75) is 25.4 Å². The number of nitrogens with one attached hydrogen (secondary N) is 2. The van der Waals surface area contributed by atoms with Crippen LogP contribution in [0.25, 0.3) is 0 Å². The Labute approximate surface area is 161 Å². The minimum Gasteiger partial charge on any atom is -0.497 e. The lowest BCUT2D eigenvalue weighted by Crippen LogP contribution is -2.41. The Bertz CT molecular complexity index is 684. The molecule has 2 aromatic rings. The highest BCUT2D eigenvalue weighted by Gasteiger charge is 2.23. The predicted octanol–water partition coefficient (Wildman–Crippen LogP) is 3.50. The molecule has 1 saturated heterocycles. The highest BCUT2D eigenvalue weighted by Crippen LogP contribution is 2.24. The fraction of sp³-hybridized carbons (Fsp3) is 0.381. The maximum Gasteiger partial charge on any atom is 0.166 e. The van der Waals surface area contributed by atoms with E-state index in [1.54, 1.807) is 7.11 Å². The highest BCUT2D eigenvalue weighted by molar-refractivity contribution is 7.80. The molecule has 0 saturated carbocycles. The quantitative estimate of drug-likeness (QED) is 0.731. The van der Waals surface area contributed by atoms with Crippen LogP contribution in [0.5, 0.6) is 5.75 Å². The molecule has 0 aromatic heterocycles. The molecule has 4 nitrogen and oxygen atoms in total. The minimum atomic E-state index is 0.361. The van der Waals surface area contributed by atoms with Gasteiger partial charge in [-0.15, -0.1) is 0 Å². The summed E-state index contributed by atoms with van der Waals surface area (Å²) in [4.78, 5) is 2.55. The maximum atomic E-state index is 5.48. The largest absolute Gasteiger partial charge is 0.497 e. The van der Waals surface area contributed by atoms with Gasteiger partial charge in [-0.1, -0.05) is 42.5 Å². The summed E-state index contributed by atoms with van der Waals surface area (Å²) < 4.78 is 5.19. The fourth-order valence-corrected chi connectivity index (χ4v) is 3.52. The molecule has 2 aromatic carbocycles. The van der Waals surface area contributed by atoms with E-state index in [-0.39, 0.29) is 0 Å². The molecule has 1 aliphatic rings. The predicted molar refractivity (Wildman–Crippen MR) is 110 cm³/mol. The summed E-state index contributed by atoms with van der Waals surface area (Å²) in [5.41, 5.74) is 2.52. The van der Waals surface area contributed by atoms with Gasteiger partial charge in [-0.25, -0.2) is 0 Å². The summed E-state index contributed by atoms with van der Waals surface area (Å²) in [5, 5.41) is 7.40. The molecule has 138 valence electrons. The van der Waals surface area contributed by atoms with E-state index in [1.165, 1.54) is 24.0 Å². The first-order valence-corrected chi connectivity index (χ1v) is 9.61. The van der Waals surface area contributed by atoms with Crippen molar-refractivity contribution in [2.75, 3.05) is 26.7 Å². The monoisotopic (exact) mass is 369 g/mol. The van der Waals surface area contributed by atoms with Gasteiger partial charge in [-0.3, -0.25) is 4.90 Å². The van der Waals surface area contributed by atoms with Gasteiger partial charge in [0.25, 0.3) is 0 Å². The third-order valence-corrected chi connectivity index (χ3v) is 5.12. The first kappa shape index (κ1) is 18.7. The number of benzene rings is 2. The van der Waals surface area contributed by atoms with Crippen molar-refractivity contribution in [1.29, 1.82) is 0 Å². The van der Waals surface area contributed by atoms with Gasteiger partial charge in [0, 0.05) is 13.1 Å². The zero-order chi connectivity index (χ0) is 18.2. The zero-order valence-electron chi connectivity index (χ0n) is 15.3. The molecular weight excluding hydrogens is 342 g/mol. The number of hydrogen-bond acceptors (Lipinski definition) is 3. The van der Waals surface area contributed by atoms with Crippen LogP contribution in [0.4, 0.5) is 0 Å². The summed E-state index contributed by atoms with van der Waals surface area (Å²) in [7, 11) is 1.68. The van der Waals surface area contributed by atoms with Crippen molar-refractivity contribution in [3.05, 3.63) is 65.7 Å². The molecular formula is C21H27N3OS. The van der Waals surface area contributed by atoms with Gasteiger partial charge in [-0.05, 0) is 61.4 Å². The Kier molecular flexibility index (Phi) is 6.86. The molecule has 1 aliphatic heterocycles. The molecule has 3 rings (SSSR count). The van der Waals surface area contributed by atoms with Crippen LogP contribution < -0.4 is 15.4 Å². The lowest BCUT2D eigenvalue weighted by atomic mass is 10.1. The van der Waals surface area contributed by atoms with Crippen LogP contribution in [-0.4, -0.2) is 36.8 Å². The average Bonchev–Trinajstić information content (AvgIpc) is 3.22. The molecule has 0 aliphatic carbocycles. The molecule has 2 N–H and O–H groups in total. The average molecular weight is 370 g/mol. The van der Waals surface area contributed by atoms with E-state index in [1.807, 2.05) is 24.3 Å². The van der Waals surface area contributed by atoms with E-state index in [0.29, 0.717) is 17.7 Å². The van der Waals surface area contributed by atoms with Crippen LogP contribution in [0, 0.1) is 0 Å². The van der Waals surface area contributed by atoms with Crippen molar-refractivity contribution < 1.29 is 4.74 Å². The molecule has 1 fully saturated rings. The molecule has 0 amide bonds. The van der Waals surface area contributed by atoms with Gasteiger partial charge in [0.2, 0.25) is 0 Å². The van der Waals surface area contributed by atoms with E-state index in [4.69, 9.17) is 17.0 Å². The van der Waals surface area contributed by atoms with E-state index in [0.717, 1.165) is 25.4 Å². The van der Waals surface area contributed by atoms with Crippen LogP contribution in [0.1, 0.15) is 30.0 Å². The zero-order valence-corrected chi connectivity index (χ0v) is 16.1. The van der Waals surface area contributed by atoms with Crippen molar-refractivity contribution in [3.63, 3.8) is 0 Å². The molecule has 0 radical (unpaired) electrons. The highest BCUT2D eigenvalue weighted by atomic mass is 32.1. The summed E-state index contributed by atoms with van der Waals surface area (Å²) in [5.74, 6) is 0.866. The summed E-state index contributed by atoms with van der Waals surface area (Å²) in [6, 6.07) is 19.1. The third-order valence-electron chi connectivity index (χ3n) is 4.83. The van der Waals surface area contributed by atoms with E-state index < -0.39 is 0 Å². The number of ether oxygens (including phenoxy) is 1. The molecule has 1 heterocycles. The maximum absolute atomic E-state index is 5.48. The SMILES string of the molecule is COc1ccc(CNC(=S)NCC(c2ccccc2)N2CCCC2)cc1. The Morgan fingerprint density at radius 1 is 1.04 bits per heavy atom. The standard InChI is InChI=1S/C21H27N3OS/c1-25-19-11-9-17(10-12-19)15-22-21(26)23-16-20(24-13-5-6-14-24)18-7-3-2-4-8-18/h2-4,7-12,20H,5-6,13-16H2,1H3,(H2,22,23,26). The number of likely N-dealkylation sites (tertiary alicyclic amines) is 1. The van der Waals surface area contributed by atoms with Crippen LogP contribution in [0.2, 0.25) is 0 Å². The Balaban J connectivity index is 1.52. The first-order chi connectivity index (χ1) is 12.8. The molecule has 26 heavy (non-hydrogen) atoms. The summed E-state index contributed by atoms with van der Waals surface area (Å²) in [6.07, 6.45) is 2.56. The van der Waals surface area contributed by atoms with Crippen LogP contribution in [0.3, 0.4) is 0 Å². The molecule has 0 bridgehead atoms. The number of thiocarbonyl (C=S) groups is 1. The number of methoxy groups -OCH3 is 1. The Morgan fingerprint density at radius 2 is 1.73 bits per heavy atom. The second-order valence-electron chi connectivity index (χ2n) is 6.58. The molecule has 1 atom stereocenters. The van der Waals surface area contributed by atoms with Gasteiger partial charge in [0.05, 0.1) is 13.2 Å². The minimum absolute atomic E-state index is 0.361. The summed E-state index contributed by atoms with van der Waals surface area (Å²) >= 11 is 5.48. The topological polar surface area (TPSA) is 36.5 Å².